The summed E-state index contributed by atoms with van der Waals surface area (Å²) >= 11 is 0. The average molecular weight is 454 g/mol. The maximum Gasteiger partial charge on any atom is 0.296 e. The Balaban J connectivity index is 1.40. The maximum absolute atomic E-state index is 12.2. The van der Waals surface area contributed by atoms with E-state index in [1.54, 1.807) is 24.3 Å². The number of hydrogen-bond donors (Lipinski definition) is 0. The molecular formula is C26H31NO4S. The van der Waals surface area contributed by atoms with Gasteiger partial charge in [0.05, 0.1) is 18.1 Å². The van der Waals surface area contributed by atoms with Gasteiger partial charge in [0.15, 0.2) is 0 Å². The number of benzene rings is 3. The van der Waals surface area contributed by atoms with Crippen LogP contribution in [0.1, 0.15) is 23.1 Å². The van der Waals surface area contributed by atoms with Crippen molar-refractivity contribution in [3.05, 3.63) is 102 Å². The predicted molar refractivity (Wildman–Crippen MR) is 127 cm³/mol. The van der Waals surface area contributed by atoms with Crippen LogP contribution in [-0.2, 0) is 32.1 Å². The lowest BCUT2D eigenvalue weighted by molar-refractivity contribution is 0.0900. The topological polar surface area (TPSA) is 55.8 Å². The standard InChI is InChI=1S/C26H31NO4S/c1-23-13-15-26(16-14-23)32(28,29)31-19-8-18-30-20-17-27(21-24-9-4-2-5-10-24)22-25-11-6-3-7-12-25/h2-7,9-16H,8,17-22H2,1H3. The molecule has 0 N–H and O–H groups in total. The summed E-state index contributed by atoms with van der Waals surface area (Å²) in [4.78, 5) is 2.53. The smallest absolute Gasteiger partial charge is 0.296 e. The number of rotatable bonds is 13. The summed E-state index contributed by atoms with van der Waals surface area (Å²) < 4.78 is 35.3. The van der Waals surface area contributed by atoms with Gasteiger partial charge in [0.1, 0.15) is 0 Å². The van der Waals surface area contributed by atoms with Crippen LogP contribution in [0.15, 0.2) is 89.8 Å². The molecule has 0 atom stereocenters. The van der Waals surface area contributed by atoms with E-state index >= 15 is 0 Å². The normalized spacial score (nSPS) is 11.7. The largest absolute Gasteiger partial charge is 0.380 e. The summed E-state index contributed by atoms with van der Waals surface area (Å²) in [6, 6.07) is 27.4. The van der Waals surface area contributed by atoms with E-state index in [4.69, 9.17) is 8.92 Å². The van der Waals surface area contributed by atoms with Crippen LogP contribution in [0.3, 0.4) is 0 Å². The van der Waals surface area contributed by atoms with Crippen LogP contribution >= 0.6 is 0 Å². The van der Waals surface area contributed by atoms with E-state index in [0.29, 0.717) is 19.6 Å². The van der Waals surface area contributed by atoms with Gasteiger partial charge >= 0.3 is 0 Å². The third-order valence-electron chi connectivity index (χ3n) is 5.03. The van der Waals surface area contributed by atoms with Gasteiger partial charge in [0, 0.05) is 26.2 Å². The lowest BCUT2D eigenvalue weighted by Crippen LogP contribution is -2.27. The van der Waals surface area contributed by atoms with E-state index < -0.39 is 10.1 Å². The number of hydrogen-bond acceptors (Lipinski definition) is 5. The zero-order chi connectivity index (χ0) is 22.7. The molecule has 6 heteroatoms. The highest BCUT2D eigenvalue weighted by atomic mass is 32.2. The Bertz CT molecular complexity index is 981. The van der Waals surface area contributed by atoms with Crippen molar-refractivity contribution >= 4 is 10.1 Å². The second-order valence-electron chi connectivity index (χ2n) is 7.74. The Labute approximate surface area is 191 Å². The van der Waals surface area contributed by atoms with Gasteiger partial charge in [-0.25, -0.2) is 0 Å². The Morgan fingerprint density at radius 1 is 0.719 bits per heavy atom. The molecule has 3 rings (SSSR count). The highest BCUT2D eigenvalue weighted by Gasteiger charge is 2.14. The van der Waals surface area contributed by atoms with Crippen molar-refractivity contribution in [3.63, 3.8) is 0 Å². The van der Waals surface area contributed by atoms with Gasteiger partial charge in [-0.05, 0) is 36.6 Å². The average Bonchev–Trinajstić information content (AvgIpc) is 2.80. The van der Waals surface area contributed by atoms with Crippen LogP contribution < -0.4 is 0 Å². The van der Waals surface area contributed by atoms with Gasteiger partial charge in [0.2, 0.25) is 0 Å². The van der Waals surface area contributed by atoms with Crippen LogP contribution in [0.25, 0.3) is 0 Å². The minimum absolute atomic E-state index is 0.105. The predicted octanol–water partition coefficient (Wildman–Crippen LogP) is 4.81. The second kappa shape index (κ2) is 12.5. The summed E-state index contributed by atoms with van der Waals surface area (Å²) in [7, 11) is -3.72. The molecule has 0 spiro atoms. The molecule has 0 bridgehead atoms. The quantitative estimate of drug-likeness (QED) is 0.275. The number of aryl methyl sites for hydroxylation is 1. The minimum atomic E-state index is -3.72. The molecule has 0 aromatic heterocycles. The van der Waals surface area contributed by atoms with Crippen molar-refractivity contribution in [1.82, 2.24) is 4.90 Å². The zero-order valence-electron chi connectivity index (χ0n) is 18.5. The molecule has 0 aliphatic heterocycles. The fourth-order valence-electron chi connectivity index (χ4n) is 3.30. The molecule has 32 heavy (non-hydrogen) atoms. The van der Waals surface area contributed by atoms with Crippen LogP contribution in [0.5, 0.6) is 0 Å². The van der Waals surface area contributed by atoms with Gasteiger partial charge in [-0.1, -0.05) is 78.4 Å². The molecule has 3 aromatic rings. The minimum Gasteiger partial charge on any atom is -0.380 e. The van der Waals surface area contributed by atoms with Crippen molar-refractivity contribution in [1.29, 1.82) is 0 Å². The van der Waals surface area contributed by atoms with Gasteiger partial charge < -0.3 is 4.74 Å². The van der Waals surface area contributed by atoms with Crippen molar-refractivity contribution in [2.45, 2.75) is 31.3 Å². The van der Waals surface area contributed by atoms with E-state index in [9.17, 15) is 8.42 Å². The van der Waals surface area contributed by atoms with Crippen molar-refractivity contribution < 1.29 is 17.3 Å². The molecule has 0 unspecified atom stereocenters. The molecule has 0 aliphatic carbocycles. The van der Waals surface area contributed by atoms with Crippen LogP contribution in [-0.4, -0.2) is 39.7 Å². The summed E-state index contributed by atoms with van der Waals surface area (Å²) in [5, 5.41) is 0. The van der Waals surface area contributed by atoms with E-state index in [0.717, 1.165) is 25.2 Å². The van der Waals surface area contributed by atoms with E-state index in [1.165, 1.54) is 11.1 Å². The molecule has 0 aliphatic rings. The number of nitrogens with zero attached hydrogens (tertiary/aromatic N) is 1. The maximum atomic E-state index is 12.2. The molecule has 0 saturated heterocycles. The van der Waals surface area contributed by atoms with Gasteiger partial charge in [-0.2, -0.15) is 8.42 Å². The Kier molecular flexibility index (Phi) is 9.43. The third kappa shape index (κ3) is 8.20. The first-order chi connectivity index (χ1) is 15.5. The van der Waals surface area contributed by atoms with Crippen LogP contribution in [0, 0.1) is 6.92 Å². The lowest BCUT2D eigenvalue weighted by Gasteiger charge is -2.22. The molecule has 170 valence electrons. The Morgan fingerprint density at radius 2 is 1.28 bits per heavy atom. The third-order valence-corrected chi connectivity index (χ3v) is 6.36. The molecule has 0 heterocycles. The van der Waals surface area contributed by atoms with Gasteiger partial charge in [-0.3, -0.25) is 9.08 Å². The van der Waals surface area contributed by atoms with Crippen LogP contribution in [0.2, 0.25) is 0 Å². The Hall–Kier alpha value is -2.51. The highest BCUT2D eigenvalue weighted by molar-refractivity contribution is 7.86. The molecule has 0 fully saturated rings. The summed E-state index contributed by atoms with van der Waals surface area (Å²) in [6.45, 7) is 5.52. The first-order valence-electron chi connectivity index (χ1n) is 10.9. The van der Waals surface area contributed by atoms with Crippen molar-refractivity contribution in [2.75, 3.05) is 26.4 Å². The monoisotopic (exact) mass is 453 g/mol. The van der Waals surface area contributed by atoms with E-state index in [-0.39, 0.29) is 11.5 Å². The summed E-state index contributed by atoms with van der Waals surface area (Å²) in [5.74, 6) is 0. The highest BCUT2D eigenvalue weighted by Crippen LogP contribution is 2.13. The molecule has 0 radical (unpaired) electrons. The lowest BCUT2D eigenvalue weighted by atomic mass is 10.1. The molecule has 0 amide bonds. The first-order valence-corrected chi connectivity index (χ1v) is 12.3. The fraction of sp³-hybridized carbons (Fsp3) is 0.308. The molecule has 3 aromatic carbocycles. The Morgan fingerprint density at radius 3 is 1.84 bits per heavy atom. The van der Waals surface area contributed by atoms with Gasteiger partial charge in [-0.15, -0.1) is 0 Å². The van der Waals surface area contributed by atoms with Crippen LogP contribution in [0.4, 0.5) is 0 Å². The fourth-order valence-corrected chi connectivity index (χ4v) is 4.24. The molecule has 0 saturated carbocycles. The van der Waals surface area contributed by atoms with Crippen molar-refractivity contribution in [2.24, 2.45) is 0 Å². The summed E-state index contributed by atoms with van der Waals surface area (Å²) in [5.41, 5.74) is 3.53. The number of ether oxygens (including phenoxy) is 1. The zero-order valence-corrected chi connectivity index (χ0v) is 19.3. The second-order valence-corrected chi connectivity index (χ2v) is 9.35. The SMILES string of the molecule is Cc1ccc(S(=O)(=O)OCCCOCCN(Cc2ccccc2)Cc2ccccc2)cc1. The van der Waals surface area contributed by atoms with E-state index in [2.05, 4.69) is 53.4 Å². The first kappa shape index (κ1) is 24.1. The van der Waals surface area contributed by atoms with Crippen molar-refractivity contribution in [3.8, 4) is 0 Å². The molecular weight excluding hydrogens is 422 g/mol. The van der Waals surface area contributed by atoms with Gasteiger partial charge in [0.25, 0.3) is 10.1 Å². The van der Waals surface area contributed by atoms with E-state index in [1.807, 2.05) is 19.1 Å². The summed E-state index contributed by atoms with van der Waals surface area (Å²) in [6.07, 6.45) is 0.516. The molecule has 5 nitrogen and oxygen atoms in total.